The number of Topliss-reactive ketones (excluding diaryl/α,β-unsaturated/α-hetero) is 1. The van der Waals surface area contributed by atoms with Crippen LogP contribution in [-0.4, -0.2) is 11.3 Å². The van der Waals surface area contributed by atoms with Crippen LogP contribution in [0.4, 0.5) is 10.1 Å². The fourth-order valence-corrected chi connectivity index (χ4v) is 1.85. The average molecular weight is 207 g/mol. The van der Waals surface area contributed by atoms with E-state index in [2.05, 4.69) is 5.32 Å². The third-order valence-corrected chi connectivity index (χ3v) is 2.94. The van der Waals surface area contributed by atoms with Gasteiger partial charge in [0.1, 0.15) is 5.82 Å². The third kappa shape index (κ3) is 1.52. The molecule has 0 saturated heterocycles. The molecule has 1 aliphatic heterocycles. The van der Waals surface area contributed by atoms with Gasteiger partial charge < -0.3 is 5.32 Å². The summed E-state index contributed by atoms with van der Waals surface area (Å²) in [5.41, 5.74) is 1.66. The molecule has 3 heteroatoms. The van der Waals surface area contributed by atoms with Crippen molar-refractivity contribution in [2.45, 2.75) is 32.7 Å². The Labute approximate surface area is 88.5 Å². The molecule has 1 N–H and O–H groups in total. The van der Waals surface area contributed by atoms with Gasteiger partial charge in [-0.05, 0) is 32.4 Å². The van der Waals surface area contributed by atoms with Crippen LogP contribution in [0.3, 0.4) is 0 Å². The molecule has 1 aliphatic rings. The van der Waals surface area contributed by atoms with Gasteiger partial charge in [-0.15, -0.1) is 0 Å². The molecule has 0 spiro atoms. The van der Waals surface area contributed by atoms with Crippen molar-refractivity contribution in [3.63, 3.8) is 0 Å². The highest BCUT2D eigenvalue weighted by Crippen LogP contribution is 2.32. The standard InChI is InChI=1S/C12H14FNO/c1-7-4-5-9(13)8-6-10(15)12(2,3)14-11(7)8/h4-5,14H,6H2,1-3H3. The molecule has 1 heterocycles. The van der Waals surface area contributed by atoms with E-state index in [4.69, 9.17) is 0 Å². The van der Waals surface area contributed by atoms with Crippen molar-refractivity contribution in [1.82, 2.24) is 0 Å². The molecule has 0 aliphatic carbocycles. The Bertz CT molecular complexity index is 437. The number of benzene rings is 1. The van der Waals surface area contributed by atoms with Crippen LogP contribution < -0.4 is 5.32 Å². The van der Waals surface area contributed by atoms with Gasteiger partial charge in [0.2, 0.25) is 0 Å². The van der Waals surface area contributed by atoms with Crippen molar-refractivity contribution in [3.8, 4) is 0 Å². The lowest BCUT2D eigenvalue weighted by atomic mass is 9.86. The summed E-state index contributed by atoms with van der Waals surface area (Å²) in [5, 5.41) is 3.11. The Morgan fingerprint density at radius 3 is 2.73 bits per heavy atom. The van der Waals surface area contributed by atoms with Crippen molar-refractivity contribution in [3.05, 3.63) is 29.1 Å². The Morgan fingerprint density at radius 1 is 1.40 bits per heavy atom. The maximum absolute atomic E-state index is 13.5. The summed E-state index contributed by atoms with van der Waals surface area (Å²) in [6.45, 7) is 5.56. The summed E-state index contributed by atoms with van der Waals surface area (Å²) in [6.07, 6.45) is 0.183. The van der Waals surface area contributed by atoms with E-state index in [0.717, 1.165) is 11.3 Å². The van der Waals surface area contributed by atoms with Gasteiger partial charge in [0, 0.05) is 17.7 Å². The minimum Gasteiger partial charge on any atom is -0.373 e. The van der Waals surface area contributed by atoms with Crippen LogP contribution in [0.1, 0.15) is 25.0 Å². The number of hydrogen-bond acceptors (Lipinski definition) is 2. The molecule has 0 saturated carbocycles. The number of carbonyl (C=O) groups is 1. The van der Waals surface area contributed by atoms with Gasteiger partial charge in [-0.1, -0.05) is 6.07 Å². The quantitative estimate of drug-likeness (QED) is 0.708. The second-order valence-electron chi connectivity index (χ2n) is 4.57. The lowest BCUT2D eigenvalue weighted by molar-refractivity contribution is -0.122. The molecule has 15 heavy (non-hydrogen) atoms. The Kier molecular flexibility index (Phi) is 2.07. The van der Waals surface area contributed by atoms with Gasteiger partial charge in [0.25, 0.3) is 0 Å². The van der Waals surface area contributed by atoms with Crippen molar-refractivity contribution in [1.29, 1.82) is 0 Å². The highest BCUT2D eigenvalue weighted by atomic mass is 19.1. The van der Waals surface area contributed by atoms with E-state index in [1.54, 1.807) is 6.07 Å². The van der Waals surface area contributed by atoms with E-state index in [1.165, 1.54) is 6.07 Å². The summed E-state index contributed by atoms with van der Waals surface area (Å²) in [5.74, 6) is -0.272. The second-order valence-corrected chi connectivity index (χ2v) is 4.57. The predicted molar refractivity (Wildman–Crippen MR) is 57.5 cm³/mol. The highest BCUT2D eigenvalue weighted by molar-refractivity contribution is 5.96. The van der Waals surface area contributed by atoms with Crippen molar-refractivity contribution in [2.24, 2.45) is 0 Å². The first kappa shape index (κ1) is 10.1. The molecule has 1 aromatic carbocycles. The van der Waals surface area contributed by atoms with Crippen LogP contribution in [0.2, 0.25) is 0 Å². The average Bonchev–Trinajstić information content (AvgIpc) is 2.15. The zero-order chi connectivity index (χ0) is 11.2. The molecular weight excluding hydrogens is 193 g/mol. The Balaban J connectivity index is 2.59. The number of fused-ring (bicyclic) bond motifs is 1. The van der Waals surface area contributed by atoms with E-state index < -0.39 is 5.54 Å². The van der Waals surface area contributed by atoms with Crippen molar-refractivity contribution in [2.75, 3.05) is 5.32 Å². The van der Waals surface area contributed by atoms with Crippen LogP contribution in [-0.2, 0) is 11.2 Å². The maximum Gasteiger partial charge on any atom is 0.162 e. The third-order valence-electron chi connectivity index (χ3n) is 2.94. The molecule has 2 nitrogen and oxygen atoms in total. The van der Waals surface area contributed by atoms with E-state index in [-0.39, 0.29) is 18.0 Å². The molecule has 0 atom stereocenters. The summed E-state index contributed by atoms with van der Waals surface area (Å²) in [4.78, 5) is 11.7. The number of halogens is 1. The zero-order valence-electron chi connectivity index (χ0n) is 9.15. The molecule has 0 aromatic heterocycles. The van der Waals surface area contributed by atoms with Crippen LogP contribution in [0, 0.1) is 12.7 Å². The van der Waals surface area contributed by atoms with E-state index >= 15 is 0 Å². The van der Waals surface area contributed by atoms with Gasteiger partial charge in [-0.25, -0.2) is 4.39 Å². The Morgan fingerprint density at radius 2 is 2.07 bits per heavy atom. The number of rotatable bonds is 0. The number of nitrogens with one attached hydrogen (secondary N) is 1. The molecule has 0 fully saturated rings. The van der Waals surface area contributed by atoms with E-state index in [9.17, 15) is 9.18 Å². The first-order chi connectivity index (χ1) is 6.92. The van der Waals surface area contributed by atoms with Crippen molar-refractivity contribution >= 4 is 11.5 Å². The summed E-state index contributed by atoms with van der Waals surface area (Å²) >= 11 is 0. The molecular formula is C12H14FNO. The van der Waals surface area contributed by atoms with Crippen LogP contribution in [0.5, 0.6) is 0 Å². The molecule has 0 unspecified atom stereocenters. The molecule has 0 amide bonds. The molecule has 0 radical (unpaired) electrons. The smallest absolute Gasteiger partial charge is 0.162 e. The molecule has 0 bridgehead atoms. The predicted octanol–water partition coefficient (Wildman–Crippen LogP) is 2.45. The fourth-order valence-electron chi connectivity index (χ4n) is 1.85. The van der Waals surface area contributed by atoms with Gasteiger partial charge in [0.15, 0.2) is 5.78 Å². The molecule has 80 valence electrons. The maximum atomic E-state index is 13.5. The van der Waals surface area contributed by atoms with Crippen LogP contribution in [0.15, 0.2) is 12.1 Å². The highest BCUT2D eigenvalue weighted by Gasteiger charge is 2.34. The number of hydrogen-bond donors (Lipinski definition) is 1. The zero-order valence-corrected chi connectivity index (χ0v) is 9.15. The number of carbonyl (C=O) groups excluding carboxylic acids is 1. The van der Waals surface area contributed by atoms with Gasteiger partial charge in [-0.2, -0.15) is 0 Å². The minimum atomic E-state index is -0.592. The van der Waals surface area contributed by atoms with Gasteiger partial charge in [0.05, 0.1) is 5.54 Å². The summed E-state index contributed by atoms with van der Waals surface area (Å²) < 4.78 is 13.5. The largest absolute Gasteiger partial charge is 0.373 e. The summed E-state index contributed by atoms with van der Waals surface area (Å²) in [7, 11) is 0. The van der Waals surface area contributed by atoms with E-state index in [0.29, 0.717) is 5.56 Å². The first-order valence-electron chi connectivity index (χ1n) is 5.01. The minimum absolute atomic E-state index is 0.0273. The normalized spacial score (nSPS) is 18.3. The number of aryl methyl sites for hydroxylation is 1. The SMILES string of the molecule is Cc1ccc(F)c2c1NC(C)(C)C(=O)C2. The molecule has 2 rings (SSSR count). The van der Waals surface area contributed by atoms with Crippen molar-refractivity contribution < 1.29 is 9.18 Å². The summed E-state index contributed by atoms with van der Waals surface area (Å²) in [6, 6.07) is 3.15. The lowest BCUT2D eigenvalue weighted by Gasteiger charge is -2.33. The number of ketones is 1. The van der Waals surface area contributed by atoms with Crippen LogP contribution >= 0.6 is 0 Å². The topological polar surface area (TPSA) is 29.1 Å². The number of anilines is 1. The second kappa shape index (κ2) is 3.05. The Hall–Kier alpha value is -1.38. The van der Waals surface area contributed by atoms with Gasteiger partial charge in [-0.3, -0.25) is 4.79 Å². The molecule has 1 aromatic rings. The fraction of sp³-hybridized carbons (Fsp3) is 0.417. The van der Waals surface area contributed by atoms with E-state index in [1.807, 2.05) is 20.8 Å². The monoisotopic (exact) mass is 207 g/mol. The van der Waals surface area contributed by atoms with Crippen LogP contribution in [0.25, 0.3) is 0 Å². The first-order valence-corrected chi connectivity index (χ1v) is 5.01. The lowest BCUT2D eigenvalue weighted by Crippen LogP contribution is -2.45. The van der Waals surface area contributed by atoms with Gasteiger partial charge >= 0.3 is 0 Å².